The summed E-state index contributed by atoms with van der Waals surface area (Å²) >= 11 is 0. The SMILES string of the molecule is CC(NCCOCCO)C1CCC1. The van der Waals surface area contributed by atoms with Crippen molar-refractivity contribution in [2.45, 2.75) is 32.2 Å². The molecule has 0 aliphatic heterocycles. The van der Waals surface area contributed by atoms with Gasteiger partial charge in [0.25, 0.3) is 0 Å². The van der Waals surface area contributed by atoms with Crippen molar-refractivity contribution >= 4 is 0 Å². The number of ether oxygens (including phenoxy) is 1. The maximum absolute atomic E-state index is 8.46. The Bertz CT molecular complexity index is 126. The lowest BCUT2D eigenvalue weighted by molar-refractivity contribution is 0.0902. The number of rotatable bonds is 7. The molecule has 1 aliphatic rings. The van der Waals surface area contributed by atoms with E-state index in [0.29, 0.717) is 19.3 Å². The Balaban J connectivity index is 1.86. The van der Waals surface area contributed by atoms with Crippen molar-refractivity contribution in [3.63, 3.8) is 0 Å². The molecule has 3 nitrogen and oxygen atoms in total. The van der Waals surface area contributed by atoms with Gasteiger partial charge in [-0.3, -0.25) is 0 Å². The third kappa shape index (κ3) is 4.07. The summed E-state index contributed by atoms with van der Waals surface area (Å²) in [6.45, 7) is 4.43. The second kappa shape index (κ2) is 6.35. The van der Waals surface area contributed by atoms with E-state index in [4.69, 9.17) is 9.84 Å². The van der Waals surface area contributed by atoms with Gasteiger partial charge in [0.15, 0.2) is 0 Å². The fourth-order valence-corrected chi connectivity index (χ4v) is 1.63. The van der Waals surface area contributed by atoms with Crippen LogP contribution in [0.3, 0.4) is 0 Å². The Kier molecular flexibility index (Phi) is 5.35. The first-order valence-corrected chi connectivity index (χ1v) is 5.26. The standard InChI is InChI=1S/C10H21NO2/c1-9(10-3-2-4-10)11-5-7-13-8-6-12/h9-12H,2-8H2,1H3. The van der Waals surface area contributed by atoms with Crippen LogP contribution < -0.4 is 5.32 Å². The van der Waals surface area contributed by atoms with Gasteiger partial charge in [0.05, 0.1) is 19.8 Å². The normalized spacial score (nSPS) is 19.8. The van der Waals surface area contributed by atoms with E-state index in [1.54, 1.807) is 0 Å². The van der Waals surface area contributed by atoms with Crippen molar-refractivity contribution in [1.29, 1.82) is 0 Å². The Hall–Kier alpha value is -0.120. The van der Waals surface area contributed by atoms with E-state index in [1.165, 1.54) is 19.3 Å². The van der Waals surface area contributed by atoms with Crippen LogP contribution in [-0.2, 0) is 4.74 Å². The van der Waals surface area contributed by atoms with Crippen LogP contribution in [0.25, 0.3) is 0 Å². The topological polar surface area (TPSA) is 41.5 Å². The van der Waals surface area contributed by atoms with Crippen molar-refractivity contribution in [2.75, 3.05) is 26.4 Å². The zero-order valence-corrected chi connectivity index (χ0v) is 8.46. The van der Waals surface area contributed by atoms with E-state index in [2.05, 4.69) is 12.2 Å². The van der Waals surface area contributed by atoms with Gasteiger partial charge in [-0.2, -0.15) is 0 Å². The molecule has 0 aromatic heterocycles. The fraction of sp³-hybridized carbons (Fsp3) is 1.00. The van der Waals surface area contributed by atoms with Crippen LogP contribution in [0.5, 0.6) is 0 Å². The lowest BCUT2D eigenvalue weighted by atomic mass is 9.80. The second-order valence-electron chi connectivity index (χ2n) is 3.77. The fourth-order valence-electron chi connectivity index (χ4n) is 1.63. The number of aliphatic hydroxyl groups excluding tert-OH is 1. The maximum atomic E-state index is 8.46. The van der Waals surface area contributed by atoms with Crippen molar-refractivity contribution < 1.29 is 9.84 Å². The molecule has 0 bridgehead atoms. The molecule has 0 spiro atoms. The third-order valence-electron chi connectivity index (χ3n) is 2.81. The van der Waals surface area contributed by atoms with E-state index < -0.39 is 0 Å². The highest BCUT2D eigenvalue weighted by atomic mass is 16.5. The maximum Gasteiger partial charge on any atom is 0.0698 e. The van der Waals surface area contributed by atoms with Crippen LogP contribution in [0, 0.1) is 5.92 Å². The Morgan fingerprint density at radius 2 is 2.23 bits per heavy atom. The molecular weight excluding hydrogens is 166 g/mol. The summed E-state index contributed by atoms with van der Waals surface area (Å²) in [4.78, 5) is 0. The smallest absolute Gasteiger partial charge is 0.0698 e. The lowest BCUT2D eigenvalue weighted by Crippen LogP contribution is -2.38. The summed E-state index contributed by atoms with van der Waals surface area (Å²) in [7, 11) is 0. The highest BCUT2D eigenvalue weighted by Crippen LogP contribution is 2.29. The van der Waals surface area contributed by atoms with Crippen molar-refractivity contribution in [1.82, 2.24) is 5.32 Å². The quantitative estimate of drug-likeness (QED) is 0.579. The summed E-state index contributed by atoms with van der Waals surface area (Å²) in [5.74, 6) is 0.887. The van der Waals surface area contributed by atoms with Crippen molar-refractivity contribution in [3.05, 3.63) is 0 Å². The molecule has 0 aromatic rings. The molecule has 2 N–H and O–H groups in total. The highest BCUT2D eigenvalue weighted by Gasteiger charge is 2.22. The molecule has 0 amide bonds. The van der Waals surface area contributed by atoms with E-state index >= 15 is 0 Å². The summed E-state index contributed by atoms with van der Waals surface area (Å²) in [6, 6.07) is 0.631. The van der Waals surface area contributed by atoms with Crippen LogP contribution in [0.4, 0.5) is 0 Å². The van der Waals surface area contributed by atoms with E-state index in [-0.39, 0.29) is 6.61 Å². The highest BCUT2D eigenvalue weighted by molar-refractivity contribution is 4.79. The predicted octanol–water partition coefficient (Wildman–Crippen LogP) is 0.773. The zero-order valence-electron chi connectivity index (χ0n) is 8.46. The van der Waals surface area contributed by atoms with Gasteiger partial charge in [0, 0.05) is 12.6 Å². The number of nitrogens with one attached hydrogen (secondary N) is 1. The molecule has 78 valence electrons. The van der Waals surface area contributed by atoms with Gasteiger partial charge in [0.2, 0.25) is 0 Å². The second-order valence-corrected chi connectivity index (χ2v) is 3.77. The zero-order chi connectivity index (χ0) is 9.52. The first-order chi connectivity index (χ1) is 6.34. The van der Waals surface area contributed by atoms with E-state index in [9.17, 15) is 0 Å². The molecule has 1 rings (SSSR count). The number of hydrogen-bond acceptors (Lipinski definition) is 3. The van der Waals surface area contributed by atoms with Crippen LogP contribution in [0.15, 0.2) is 0 Å². The monoisotopic (exact) mass is 187 g/mol. The molecular formula is C10H21NO2. The van der Waals surface area contributed by atoms with Crippen molar-refractivity contribution in [3.8, 4) is 0 Å². The molecule has 1 atom stereocenters. The van der Waals surface area contributed by atoms with Crippen LogP contribution in [0.2, 0.25) is 0 Å². The summed E-state index contributed by atoms with van der Waals surface area (Å²) in [5.41, 5.74) is 0. The minimum atomic E-state index is 0.123. The number of hydrogen-bond donors (Lipinski definition) is 2. The Labute approximate surface area is 80.5 Å². The van der Waals surface area contributed by atoms with Gasteiger partial charge in [-0.05, 0) is 25.7 Å². The first kappa shape index (κ1) is 11.0. The predicted molar refractivity (Wildman–Crippen MR) is 52.7 cm³/mol. The molecule has 3 heteroatoms. The third-order valence-corrected chi connectivity index (χ3v) is 2.81. The summed E-state index contributed by atoms with van der Waals surface area (Å²) < 4.78 is 5.15. The average molecular weight is 187 g/mol. The first-order valence-electron chi connectivity index (χ1n) is 5.26. The Morgan fingerprint density at radius 1 is 1.46 bits per heavy atom. The molecule has 0 heterocycles. The molecule has 0 saturated heterocycles. The van der Waals surface area contributed by atoms with Gasteiger partial charge in [-0.25, -0.2) is 0 Å². The lowest BCUT2D eigenvalue weighted by Gasteiger charge is -2.32. The molecule has 0 aromatic carbocycles. The van der Waals surface area contributed by atoms with Gasteiger partial charge in [0.1, 0.15) is 0 Å². The molecule has 1 fully saturated rings. The summed E-state index contributed by atoms with van der Waals surface area (Å²) in [5, 5.41) is 11.9. The van der Waals surface area contributed by atoms with E-state index in [0.717, 1.165) is 12.5 Å². The van der Waals surface area contributed by atoms with Crippen LogP contribution in [0.1, 0.15) is 26.2 Å². The molecule has 13 heavy (non-hydrogen) atoms. The average Bonchev–Trinajstić information content (AvgIpc) is 2.01. The van der Waals surface area contributed by atoms with Gasteiger partial charge < -0.3 is 15.2 Å². The summed E-state index contributed by atoms with van der Waals surface area (Å²) in [6.07, 6.45) is 4.16. The largest absolute Gasteiger partial charge is 0.394 e. The molecule has 1 saturated carbocycles. The molecule has 1 unspecified atom stereocenters. The molecule has 0 radical (unpaired) electrons. The van der Waals surface area contributed by atoms with Crippen LogP contribution in [-0.4, -0.2) is 37.5 Å². The van der Waals surface area contributed by atoms with Gasteiger partial charge >= 0.3 is 0 Å². The van der Waals surface area contributed by atoms with Crippen molar-refractivity contribution in [2.24, 2.45) is 5.92 Å². The minimum absolute atomic E-state index is 0.123. The Morgan fingerprint density at radius 3 is 2.77 bits per heavy atom. The van der Waals surface area contributed by atoms with Crippen LogP contribution >= 0.6 is 0 Å². The minimum Gasteiger partial charge on any atom is -0.394 e. The van der Waals surface area contributed by atoms with Gasteiger partial charge in [-0.15, -0.1) is 0 Å². The number of aliphatic hydroxyl groups is 1. The molecule has 1 aliphatic carbocycles. The van der Waals surface area contributed by atoms with Gasteiger partial charge in [-0.1, -0.05) is 6.42 Å². The van der Waals surface area contributed by atoms with E-state index in [1.807, 2.05) is 0 Å².